The van der Waals surface area contributed by atoms with Crippen molar-refractivity contribution in [1.29, 1.82) is 0 Å². The smallest absolute Gasteiger partial charge is 0.337 e. The number of likely N-dealkylation sites (tertiary alicyclic amines) is 1. The molecule has 8 nitrogen and oxygen atoms in total. The molecule has 47 heavy (non-hydrogen) atoms. The first-order chi connectivity index (χ1) is 22.7. The Kier molecular flexibility index (Phi) is 11.6. The second-order valence-corrected chi connectivity index (χ2v) is 12.9. The Morgan fingerprint density at radius 3 is 2.28 bits per heavy atom. The Morgan fingerprint density at radius 2 is 1.66 bits per heavy atom. The Bertz CT molecular complexity index is 1560. The van der Waals surface area contributed by atoms with Crippen LogP contribution < -0.4 is 5.73 Å². The number of hydrogen-bond donors (Lipinski definition) is 1. The molecule has 0 aromatic heterocycles. The highest BCUT2D eigenvalue weighted by Crippen LogP contribution is 2.43. The van der Waals surface area contributed by atoms with Crippen LogP contribution in [0.25, 0.3) is 0 Å². The fraction of sp³-hybridized carbons (Fsp3) is 0.395. The molecule has 0 radical (unpaired) electrons. The minimum Gasteiger partial charge on any atom is -0.468 e. The fourth-order valence-corrected chi connectivity index (χ4v) is 7.07. The van der Waals surface area contributed by atoms with Crippen LogP contribution >= 0.6 is 11.6 Å². The first kappa shape index (κ1) is 34.5. The Labute approximate surface area is 282 Å². The summed E-state index contributed by atoms with van der Waals surface area (Å²) in [5.41, 5.74) is 9.28. The molecule has 0 amide bonds. The van der Waals surface area contributed by atoms with Crippen molar-refractivity contribution < 1.29 is 23.8 Å². The molecule has 3 aromatic carbocycles. The standard InChI is InChI=1S/C38H44ClN3O5/c1-26-33(36(43)45-3)34(30-16-10-11-17-31(30)39)35(32(41-26)24-46-23-20-40)37(44)47-38(2)19-22-42(25-38)21-18-29(27-12-6-4-7-13-27)28-14-8-5-9-15-28/h4-17,29,33-34H,18-25,40H2,1-3H3/t33?,34-,38+/m0/s1. The van der Waals surface area contributed by atoms with Crippen LogP contribution in [0, 0.1) is 5.92 Å². The lowest BCUT2D eigenvalue weighted by Crippen LogP contribution is -2.41. The second-order valence-electron chi connectivity index (χ2n) is 12.5. The fourth-order valence-electron chi connectivity index (χ4n) is 6.82. The van der Waals surface area contributed by atoms with E-state index in [0.29, 0.717) is 41.5 Å². The van der Waals surface area contributed by atoms with Crippen molar-refractivity contribution in [2.45, 2.75) is 44.1 Å². The third-order valence-corrected chi connectivity index (χ3v) is 9.47. The van der Waals surface area contributed by atoms with E-state index in [1.54, 1.807) is 13.0 Å². The largest absolute Gasteiger partial charge is 0.468 e. The van der Waals surface area contributed by atoms with E-state index < -0.39 is 29.4 Å². The van der Waals surface area contributed by atoms with E-state index in [1.165, 1.54) is 18.2 Å². The Morgan fingerprint density at radius 1 is 1.02 bits per heavy atom. The molecule has 2 heterocycles. The van der Waals surface area contributed by atoms with Crippen LogP contribution in [0.2, 0.25) is 5.02 Å². The lowest BCUT2D eigenvalue weighted by Gasteiger charge is -2.34. The number of carbonyl (C=O) groups excluding carboxylic acids is 2. The Hall–Kier alpha value is -3.82. The molecule has 5 rings (SSSR count). The molecule has 1 fully saturated rings. The minimum absolute atomic E-state index is 0.0387. The average molecular weight is 658 g/mol. The van der Waals surface area contributed by atoms with Gasteiger partial charge in [-0.2, -0.15) is 0 Å². The maximum atomic E-state index is 14.4. The van der Waals surface area contributed by atoms with E-state index in [0.717, 1.165) is 19.5 Å². The number of hydrogen-bond acceptors (Lipinski definition) is 8. The minimum atomic E-state index is -0.860. The number of nitrogens with two attached hydrogens (primary N) is 1. The summed E-state index contributed by atoms with van der Waals surface area (Å²) in [5.74, 6) is -2.42. The van der Waals surface area contributed by atoms with Gasteiger partial charge in [-0.1, -0.05) is 90.5 Å². The van der Waals surface area contributed by atoms with Gasteiger partial charge in [-0.3, -0.25) is 14.7 Å². The summed E-state index contributed by atoms with van der Waals surface area (Å²) in [7, 11) is 1.33. The van der Waals surface area contributed by atoms with Gasteiger partial charge in [-0.05, 0) is 49.6 Å². The molecule has 248 valence electrons. The zero-order valence-electron chi connectivity index (χ0n) is 27.4. The number of ether oxygens (including phenoxy) is 3. The van der Waals surface area contributed by atoms with Crippen molar-refractivity contribution in [3.05, 3.63) is 118 Å². The van der Waals surface area contributed by atoms with Crippen molar-refractivity contribution in [1.82, 2.24) is 4.90 Å². The third-order valence-electron chi connectivity index (χ3n) is 9.12. The van der Waals surface area contributed by atoms with E-state index >= 15 is 0 Å². The van der Waals surface area contributed by atoms with Gasteiger partial charge in [0.05, 0.1) is 31.6 Å². The summed E-state index contributed by atoms with van der Waals surface area (Å²) in [6, 6.07) is 28.3. The van der Waals surface area contributed by atoms with Gasteiger partial charge < -0.3 is 19.9 Å². The molecular weight excluding hydrogens is 614 g/mol. The average Bonchev–Trinajstić information content (AvgIpc) is 3.45. The number of halogens is 1. The van der Waals surface area contributed by atoms with Gasteiger partial charge in [0.15, 0.2) is 0 Å². The molecule has 0 saturated carbocycles. The summed E-state index contributed by atoms with van der Waals surface area (Å²) >= 11 is 6.71. The summed E-state index contributed by atoms with van der Waals surface area (Å²) in [5, 5.41) is 0.429. The highest BCUT2D eigenvalue weighted by Gasteiger charge is 2.46. The van der Waals surface area contributed by atoms with Gasteiger partial charge >= 0.3 is 11.9 Å². The van der Waals surface area contributed by atoms with E-state index in [9.17, 15) is 9.59 Å². The predicted molar refractivity (Wildman–Crippen MR) is 185 cm³/mol. The summed E-state index contributed by atoms with van der Waals surface area (Å²) in [6.07, 6.45) is 1.60. The molecule has 0 spiro atoms. The molecule has 2 N–H and O–H groups in total. The maximum absolute atomic E-state index is 14.4. The predicted octanol–water partition coefficient (Wildman–Crippen LogP) is 6.15. The van der Waals surface area contributed by atoms with Gasteiger partial charge in [0.25, 0.3) is 0 Å². The first-order valence-electron chi connectivity index (χ1n) is 16.2. The van der Waals surface area contributed by atoms with Crippen LogP contribution in [-0.2, 0) is 23.8 Å². The van der Waals surface area contributed by atoms with Crippen molar-refractivity contribution in [2.75, 3.05) is 46.5 Å². The van der Waals surface area contributed by atoms with Crippen LogP contribution in [0.5, 0.6) is 0 Å². The van der Waals surface area contributed by atoms with E-state index in [2.05, 4.69) is 53.4 Å². The van der Waals surface area contributed by atoms with Gasteiger partial charge in [0, 0.05) is 48.6 Å². The highest BCUT2D eigenvalue weighted by atomic mass is 35.5. The van der Waals surface area contributed by atoms with E-state index in [1.807, 2.05) is 37.3 Å². The number of benzene rings is 3. The first-order valence-corrected chi connectivity index (χ1v) is 16.6. The molecule has 9 heteroatoms. The lowest BCUT2D eigenvalue weighted by atomic mass is 9.75. The Balaban J connectivity index is 1.39. The van der Waals surface area contributed by atoms with Crippen LogP contribution in [0.1, 0.15) is 55.2 Å². The van der Waals surface area contributed by atoms with Crippen LogP contribution in [0.3, 0.4) is 0 Å². The number of esters is 2. The highest BCUT2D eigenvalue weighted by molar-refractivity contribution is 6.31. The van der Waals surface area contributed by atoms with Gasteiger partial charge in [-0.25, -0.2) is 4.79 Å². The second kappa shape index (κ2) is 15.8. The van der Waals surface area contributed by atoms with Crippen molar-refractivity contribution >= 4 is 29.3 Å². The molecule has 2 aliphatic heterocycles. The molecular formula is C38H44ClN3O5. The van der Waals surface area contributed by atoms with Gasteiger partial charge in [0.1, 0.15) is 11.5 Å². The normalized spacial score (nSPS) is 21.5. The quantitative estimate of drug-likeness (QED) is 0.174. The van der Waals surface area contributed by atoms with Crippen LogP contribution in [-0.4, -0.2) is 74.7 Å². The number of nitrogens with zero attached hydrogens (tertiary/aromatic N) is 2. The van der Waals surface area contributed by atoms with Gasteiger partial charge in [-0.15, -0.1) is 0 Å². The number of methoxy groups -OCH3 is 1. The molecule has 0 bridgehead atoms. The zero-order chi connectivity index (χ0) is 33.4. The van der Waals surface area contributed by atoms with Crippen molar-refractivity contribution in [3.8, 4) is 0 Å². The number of rotatable bonds is 13. The summed E-state index contributed by atoms with van der Waals surface area (Å²) in [4.78, 5) is 34.6. The van der Waals surface area contributed by atoms with Crippen molar-refractivity contribution in [3.63, 3.8) is 0 Å². The van der Waals surface area contributed by atoms with Crippen molar-refractivity contribution in [2.24, 2.45) is 16.6 Å². The monoisotopic (exact) mass is 657 g/mol. The van der Waals surface area contributed by atoms with Crippen LogP contribution in [0.4, 0.5) is 0 Å². The van der Waals surface area contributed by atoms with Gasteiger partial charge in [0.2, 0.25) is 0 Å². The van der Waals surface area contributed by atoms with Crippen LogP contribution in [0.15, 0.2) is 101 Å². The lowest BCUT2D eigenvalue weighted by molar-refractivity contribution is -0.152. The molecule has 3 aromatic rings. The maximum Gasteiger partial charge on any atom is 0.337 e. The third kappa shape index (κ3) is 8.19. The molecule has 1 saturated heterocycles. The molecule has 2 aliphatic rings. The molecule has 3 atom stereocenters. The summed E-state index contributed by atoms with van der Waals surface area (Å²) in [6.45, 7) is 6.60. The van der Waals surface area contributed by atoms with E-state index in [-0.39, 0.29) is 24.7 Å². The summed E-state index contributed by atoms with van der Waals surface area (Å²) < 4.78 is 17.4. The SMILES string of the molecule is COC(=O)C1C(C)=NC(COCCN)=C(C(=O)O[C@]2(C)CCN(CCC(c3ccccc3)c3ccccc3)C2)[C@H]1c1ccccc1Cl. The number of carbonyl (C=O) groups is 2. The molecule has 0 aliphatic carbocycles. The van der Waals surface area contributed by atoms with E-state index in [4.69, 9.17) is 36.5 Å². The number of aliphatic imine (C=N–C) groups is 1. The molecule has 1 unspecified atom stereocenters. The zero-order valence-corrected chi connectivity index (χ0v) is 28.1. The topological polar surface area (TPSA) is 103 Å².